The van der Waals surface area contributed by atoms with Gasteiger partial charge in [-0.3, -0.25) is 9.59 Å². The number of hydrogen-bond acceptors (Lipinski definition) is 4. The molecule has 2 rings (SSSR count). The van der Waals surface area contributed by atoms with E-state index in [1.54, 1.807) is 16.2 Å². The molecular formula is C13H19N3O2S. The van der Waals surface area contributed by atoms with Gasteiger partial charge in [-0.15, -0.1) is 11.3 Å². The first-order chi connectivity index (χ1) is 9.20. The summed E-state index contributed by atoms with van der Waals surface area (Å²) in [6.45, 7) is 5.24. The van der Waals surface area contributed by atoms with E-state index in [0.717, 1.165) is 24.4 Å². The van der Waals surface area contributed by atoms with Crippen LogP contribution >= 0.6 is 11.3 Å². The van der Waals surface area contributed by atoms with E-state index in [9.17, 15) is 9.59 Å². The van der Waals surface area contributed by atoms with E-state index in [2.05, 4.69) is 23.6 Å². The summed E-state index contributed by atoms with van der Waals surface area (Å²) in [6.07, 6.45) is 0.998. The van der Waals surface area contributed by atoms with E-state index in [4.69, 9.17) is 0 Å². The maximum atomic E-state index is 11.9. The van der Waals surface area contributed by atoms with Crippen molar-refractivity contribution in [3.8, 4) is 0 Å². The SMILES string of the molecule is CCc1ccc(CNC(=O)C(=O)N2CCNCC2)s1. The summed E-state index contributed by atoms with van der Waals surface area (Å²) in [5.74, 6) is -0.929. The number of nitrogens with zero attached hydrogens (tertiary/aromatic N) is 1. The van der Waals surface area contributed by atoms with Gasteiger partial charge in [0.05, 0.1) is 6.54 Å². The summed E-state index contributed by atoms with van der Waals surface area (Å²) < 4.78 is 0. The number of hydrogen-bond donors (Lipinski definition) is 2. The molecule has 0 aromatic carbocycles. The smallest absolute Gasteiger partial charge is 0.311 e. The second kappa shape index (κ2) is 6.68. The van der Waals surface area contributed by atoms with Crippen molar-refractivity contribution in [2.24, 2.45) is 0 Å². The van der Waals surface area contributed by atoms with Crippen molar-refractivity contribution in [3.05, 3.63) is 21.9 Å². The molecule has 6 heteroatoms. The third-order valence-corrected chi connectivity index (χ3v) is 4.32. The minimum absolute atomic E-state index is 0.422. The van der Waals surface area contributed by atoms with Crippen molar-refractivity contribution in [2.45, 2.75) is 19.9 Å². The highest BCUT2D eigenvalue weighted by Crippen LogP contribution is 2.16. The Bertz CT molecular complexity index is 452. The Morgan fingerprint density at radius 3 is 2.63 bits per heavy atom. The standard InChI is InChI=1S/C13H19N3O2S/c1-2-10-3-4-11(19-10)9-15-12(17)13(18)16-7-5-14-6-8-16/h3-4,14H,2,5-9H2,1H3,(H,15,17). The van der Waals surface area contributed by atoms with Gasteiger partial charge in [0.1, 0.15) is 0 Å². The van der Waals surface area contributed by atoms with Gasteiger partial charge in [-0.25, -0.2) is 0 Å². The van der Waals surface area contributed by atoms with Crippen molar-refractivity contribution in [3.63, 3.8) is 0 Å². The van der Waals surface area contributed by atoms with Crippen LogP contribution in [0.3, 0.4) is 0 Å². The maximum absolute atomic E-state index is 11.9. The molecule has 0 unspecified atom stereocenters. The lowest BCUT2D eigenvalue weighted by Gasteiger charge is -2.26. The molecule has 0 radical (unpaired) electrons. The molecule has 0 bridgehead atoms. The van der Waals surface area contributed by atoms with Crippen LogP contribution in [0.4, 0.5) is 0 Å². The molecule has 2 N–H and O–H groups in total. The van der Waals surface area contributed by atoms with Crippen molar-refractivity contribution in [1.29, 1.82) is 0 Å². The zero-order valence-corrected chi connectivity index (χ0v) is 11.9. The summed E-state index contributed by atoms with van der Waals surface area (Å²) in [6, 6.07) is 4.06. The Balaban J connectivity index is 1.81. The maximum Gasteiger partial charge on any atom is 0.311 e. The van der Waals surface area contributed by atoms with E-state index in [0.29, 0.717) is 19.6 Å². The van der Waals surface area contributed by atoms with Crippen LogP contribution in [-0.4, -0.2) is 42.9 Å². The van der Waals surface area contributed by atoms with Crippen LogP contribution < -0.4 is 10.6 Å². The molecule has 5 nitrogen and oxygen atoms in total. The average molecular weight is 281 g/mol. The molecular weight excluding hydrogens is 262 g/mol. The van der Waals surface area contributed by atoms with Crippen LogP contribution in [0, 0.1) is 0 Å². The van der Waals surface area contributed by atoms with Crippen LogP contribution in [0.15, 0.2) is 12.1 Å². The summed E-state index contributed by atoms with van der Waals surface area (Å²) in [5, 5.41) is 5.84. The Morgan fingerprint density at radius 1 is 1.32 bits per heavy atom. The fourth-order valence-corrected chi connectivity index (χ4v) is 2.86. The zero-order chi connectivity index (χ0) is 13.7. The van der Waals surface area contributed by atoms with Gasteiger partial charge in [-0.1, -0.05) is 6.92 Å². The highest BCUT2D eigenvalue weighted by atomic mass is 32.1. The predicted molar refractivity (Wildman–Crippen MR) is 75.0 cm³/mol. The molecule has 1 aromatic heterocycles. The predicted octanol–water partition coefficient (Wildman–Crippen LogP) is 0.358. The van der Waals surface area contributed by atoms with Gasteiger partial charge < -0.3 is 15.5 Å². The molecule has 0 saturated carbocycles. The number of aryl methyl sites for hydroxylation is 1. The van der Waals surface area contributed by atoms with Gasteiger partial charge in [0.15, 0.2) is 0 Å². The highest BCUT2D eigenvalue weighted by Gasteiger charge is 2.22. The van der Waals surface area contributed by atoms with Crippen LogP contribution in [-0.2, 0) is 22.6 Å². The molecule has 0 aliphatic carbocycles. The summed E-state index contributed by atoms with van der Waals surface area (Å²) in [5.41, 5.74) is 0. The van der Waals surface area contributed by atoms with Gasteiger partial charge in [0.2, 0.25) is 0 Å². The van der Waals surface area contributed by atoms with Gasteiger partial charge in [-0.2, -0.15) is 0 Å². The third-order valence-electron chi connectivity index (χ3n) is 3.09. The Morgan fingerprint density at radius 2 is 2.00 bits per heavy atom. The molecule has 1 aromatic rings. The normalized spacial score (nSPS) is 15.3. The molecule has 1 aliphatic heterocycles. The first-order valence-electron chi connectivity index (χ1n) is 6.56. The van der Waals surface area contributed by atoms with Gasteiger partial charge in [0.25, 0.3) is 0 Å². The molecule has 1 saturated heterocycles. The zero-order valence-electron chi connectivity index (χ0n) is 11.1. The average Bonchev–Trinajstić information content (AvgIpc) is 2.93. The lowest BCUT2D eigenvalue weighted by molar-refractivity contribution is -0.146. The quantitative estimate of drug-likeness (QED) is 0.786. The van der Waals surface area contributed by atoms with Crippen LogP contribution in [0.25, 0.3) is 0 Å². The number of piperazine rings is 1. The van der Waals surface area contributed by atoms with E-state index in [1.165, 1.54) is 4.88 Å². The summed E-state index contributed by atoms with van der Waals surface area (Å²) in [4.78, 5) is 27.6. The second-order valence-electron chi connectivity index (χ2n) is 4.45. The van der Waals surface area contributed by atoms with Gasteiger partial charge in [0, 0.05) is 35.9 Å². The highest BCUT2D eigenvalue weighted by molar-refractivity contribution is 7.11. The molecule has 19 heavy (non-hydrogen) atoms. The minimum Gasteiger partial charge on any atom is -0.343 e. The van der Waals surface area contributed by atoms with E-state index in [-0.39, 0.29) is 0 Å². The number of carbonyl (C=O) groups excluding carboxylic acids is 2. The van der Waals surface area contributed by atoms with E-state index in [1.807, 2.05) is 6.07 Å². The Labute approximate surface area is 117 Å². The topological polar surface area (TPSA) is 61.4 Å². The van der Waals surface area contributed by atoms with Crippen LogP contribution in [0.5, 0.6) is 0 Å². The van der Waals surface area contributed by atoms with E-state index >= 15 is 0 Å². The fourth-order valence-electron chi connectivity index (χ4n) is 1.96. The summed E-state index contributed by atoms with van der Waals surface area (Å²) >= 11 is 1.67. The number of thiophene rings is 1. The van der Waals surface area contributed by atoms with Crippen molar-refractivity contribution < 1.29 is 9.59 Å². The Kier molecular flexibility index (Phi) is 4.93. The van der Waals surface area contributed by atoms with Crippen LogP contribution in [0.1, 0.15) is 16.7 Å². The molecule has 104 valence electrons. The molecule has 1 aliphatic rings. The number of rotatable bonds is 3. The van der Waals surface area contributed by atoms with Crippen LogP contribution in [0.2, 0.25) is 0 Å². The first kappa shape index (κ1) is 14.0. The lowest BCUT2D eigenvalue weighted by atomic mass is 10.3. The number of carbonyl (C=O) groups is 2. The van der Waals surface area contributed by atoms with Gasteiger partial charge in [-0.05, 0) is 18.6 Å². The monoisotopic (exact) mass is 281 g/mol. The second-order valence-corrected chi connectivity index (χ2v) is 5.70. The van der Waals surface area contributed by atoms with E-state index < -0.39 is 11.8 Å². The third kappa shape index (κ3) is 3.78. The number of amides is 2. The lowest BCUT2D eigenvalue weighted by Crippen LogP contribution is -2.51. The molecule has 2 amide bonds. The molecule has 2 heterocycles. The summed E-state index contributed by atoms with van der Waals surface area (Å²) in [7, 11) is 0. The van der Waals surface area contributed by atoms with Crippen molar-refractivity contribution >= 4 is 23.2 Å². The van der Waals surface area contributed by atoms with Gasteiger partial charge >= 0.3 is 11.8 Å². The Hall–Kier alpha value is -1.40. The fraction of sp³-hybridized carbons (Fsp3) is 0.538. The minimum atomic E-state index is -0.506. The molecule has 0 atom stereocenters. The van der Waals surface area contributed by atoms with Crippen molar-refractivity contribution in [1.82, 2.24) is 15.5 Å². The van der Waals surface area contributed by atoms with Crippen molar-refractivity contribution in [2.75, 3.05) is 26.2 Å². The molecule has 1 fully saturated rings. The first-order valence-corrected chi connectivity index (χ1v) is 7.37. The largest absolute Gasteiger partial charge is 0.343 e. The number of nitrogens with one attached hydrogen (secondary N) is 2. The molecule has 0 spiro atoms.